The molecule has 0 radical (unpaired) electrons. The molecule has 1 aliphatic carbocycles. The van der Waals surface area contributed by atoms with Crippen molar-refractivity contribution in [1.29, 1.82) is 0 Å². The zero-order valence-electron chi connectivity index (χ0n) is 10.6. The first-order valence-corrected chi connectivity index (χ1v) is 7.39. The Morgan fingerprint density at radius 1 is 1.26 bits per heavy atom. The molecule has 0 aliphatic heterocycles. The Balaban J connectivity index is 2.07. The number of ketones is 1. The Labute approximate surface area is 121 Å². The van der Waals surface area contributed by atoms with Crippen molar-refractivity contribution in [2.75, 3.05) is 0 Å². The summed E-state index contributed by atoms with van der Waals surface area (Å²) >= 11 is 3.34. The van der Waals surface area contributed by atoms with Gasteiger partial charge in [0.25, 0.3) is 0 Å². The van der Waals surface area contributed by atoms with Crippen LogP contribution in [0.1, 0.15) is 42.5 Å². The van der Waals surface area contributed by atoms with Crippen molar-refractivity contribution in [2.24, 2.45) is 11.8 Å². The summed E-state index contributed by atoms with van der Waals surface area (Å²) < 4.78 is 0.872. The zero-order chi connectivity index (χ0) is 13.8. The van der Waals surface area contributed by atoms with Crippen LogP contribution in [0.2, 0.25) is 0 Å². The Hall–Kier alpha value is -1.16. The molecule has 1 aromatic rings. The van der Waals surface area contributed by atoms with E-state index in [1.165, 1.54) is 0 Å². The normalized spacial score (nSPS) is 23.0. The van der Waals surface area contributed by atoms with Crippen molar-refractivity contribution < 1.29 is 14.7 Å². The second kappa shape index (κ2) is 6.33. The fourth-order valence-corrected chi connectivity index (χ4v) is 3.19. The molecule has 19 heavy (non-hydrogen) atoms. The molecule has 1 aliphatic rings. The lowest BCUT2D eigenvalue weighted by atomic mass is 9.76. The Bertz CT molecular complexity index is 484. The Morgan fingerprint density at radius 2 is 2.00 bits per heavy atom. The molecule has 1 saturated carbocycles. The molecule has 0 bridgehead atoms. The summed E-state index contributed by atoms with van der Waals surface area (Å²) in [5, 5.41) is 9.22. The van der Waals surface area contributed by atoms with Crippen molar-refractivity contribution in [3.05, 3.63) is 34.3 Å². The average Bonchev–Trinajstić information content (AvgIpc) is 2.39. The highest BCUT2D eigenvalue weighted by atomic mass is 79.9. The molecule has 2 rings (SSSR count). The van der Waals surface area contributed by atoms with E-state index in [0.717, 1.165) is 23.7 Å². The average molecular weight is 325 g/mol. The van der Waals surface area contributed by atoms with Crippen LogP contribution < -0.4 is 0 Å². The molecule has 0 heterocycles. The maximum atomic E-state index is 12.2. The highest BCUT2D eigenvalue weighted by molar-refractivity contribution is 9.10. The lowest BCUT2D eigenvalue weighted by Crippen LogP contribution is -2.28. The van der Waals surface area contributed by atoms with Gasteiger partial charge in [-0.2, -0.15) is 0 Å². The molecule has 0 saturated heterocycles. The van der Waals surface area contributed by atoms with Gasteiger partial charge < -0.3 is 5.11 Å². The van der Waals surface area contributed by atoms with Crippen molar-refractivity contribution in [3.63, 3.8) is 0 Å². The van der Waals surface area contributed by atoms with Gasteiger partial charge in [-0.3, -0.25) is 9.59 Å². The second-order valence-electron chi connectivity index (χ2n) is 5.13. The number of carboxylic acid groups (broad SMARTS) is 1. The molecule has 0 amide bonds. The van der Waals surface area contributed by atoms with Crippen LogP contribution >= 0.6 is 15.9 Å². The van der Waals surface area contributed by atoms with Gasteiger partial charge in [-0.05, 0) is 30.9 Å². The third-order valence-electron chi connectivity index (χ3n) is 3.82. The minimum Gasteiger partial charge on any atom is -0.481 e. The van der Waals surface area contributed by atoms with Crippen LogP contribution in [-0.2, 0) is 4.79 Å². The van der Waals surface area contributed by atoms with Gasteiger partial charge in [0, 0.05) is 16.5 Å². The molecule has 0 spiro atoms. The largest absolute Gasteiger partial charge is 0.481 e. The topological polar surface area (TPSA) is 54.4 Å². The number of benzene rings is 1. The summed E-state index contributed by atoms with van der Waals surface area (Å²) in [5.74, 6) is -1.09. The molecule has 2 atom stereocenters. The Kier molecular flexibility index (Phi) is 4.75. The van der Waals surface area contributed by atoms with Crippen LogP contribution in [-0.4, -0.2) is 16.9 Å². The van der Waals surface area contributed by atoms with E-state index in [1.807, 2.05) is 12.1 Å². The monoisotopic (exact) mass is 324 g/mol. The van der Waals surface area contributed by atoms with E-state index in [-0.39, 0.29) is 17.6 Å². The number of carboxylic acids is 1. The van der Waals surface area contributed by atoms with Crippen molar-refractivity contribution >= 4 is 27.7 Å². The molecule has 1 aromatic carbocycles. The van der Waals surface area contributed by atoms with Gasteiger partial charge in [-0.25, -0.2) is 0 Å². The van der Waals surface area contributed by atoms with Gasteiger partial charge in [-0.1, -0.05) is 40.9 Å². The van der Waals surface area contributed by atoms with Gasteiger partial charge in [0.15, 0.2) is 5.78 Å². The summed E-state index contributed by atoms with van der Waals surface area (Å²) in [5.41, 5.74) is 0.657. The lowest BCUT2D eigenvalue weighted by Gasteiger charge is -2.27. The van der Waals surface area contributed by atoms with Gasteiger partial charge in [0.05, 0.1) is 5.92 Å². The zero-order valence-corrected chi connectivity index (χ0v) is 12.2. The SMILES string of the molecule is O=C(C[C@@H]1CCCC[C@H]1C(=O)O)c1cccc(Br)c1. The van der Waals surface area contributed by atoms with Gasteiger partial charge in [0.1, 0.15) is 0 Å². The number of carbonyl (C=O) groups excluding carboxylic acids is 1. The van der Waals surface area contributed by atoms with Crippen LogP contribution in [0.3, 0.4) is 0 Å². The fraction of sp³-hybridized carbons (Fsp3) is 0.467. The first kappa shape index (κ1) is 14.3. The van der Waals surface area contributed by atoms with E-state index in [9.17, 15) is 14.7 Å². The number of hydrogen-bond acceptors (Lipinski definition) is 2. The van der Waals surface area contributed by atoms with Gasteiger partial charge >= 0.3 is 5.97 Å². The quantitative estimate of drug-likeness (QED) is 0.854. The first-order valence-electron chi connectivity index (χ1n) is 6.59. The van der Waals surface area contributed by atoms with Crippen molar-refractivity contribution in [2.45, 2.75) is 32.1 Å². The molecule has 3 nitrogen and oxygen atoms in total. The molecule has 4 heteroatoms. The number of Topliss-reactive ketones (excluding diaryl/α,β-unsaturated/α-hetero) is 1. The third-order valence-corrected chi connectivity index (χ3v) is 4.31. The van der Waals surface area contributed by atoms with Crippen molar-refractivity contribution in [1.82, 2.24) is 0 Å². The van der Waals surface area contributed by atoms with E-state index < -0.39 is 5.97 Å². The third kappa shape index (κ3) is 3.66. The minimum atomic E-state index is -0.758. The van der Waals surface area contributed by atoms with Gasteiger partial charge in [-0.15, -0.1) is 0 Å². The summed E-state index contributed by atoms with van der Waals surface area (Å²) in [7, 11) is 0. The molecular formula is C15H17BrO3. The maximum Gasteiger partial charge on any atom is 0.306 e. The number of carbonyl (C=O) groups is 2. The summed E-state index contributed by atoms with van der Waals surface area (Å²) in [6, 6.07) is 7.27. The van der Waals surface area contributed by atoms with E-state index in [2.05, 4.69) is 15.9 Å². The maximum absolute atomic E-state index is 12.2. The minimum absolute atomic E-state index is 0.0160. The fourth-order valence-electron chi connectivity index (χ4n) is 2.80. The number of halogens is 1. The smallest absolute Gasteiger partial charge is 0.306 e. The predicted octanol–water partition coefficient (Wildman–Crippen LogP) is 3.91. The van der Waals surface area contributed by atoms with E-state index in [0.29, 0.717) is 18.4 Å². The summed E-state index contributed by atoms with van der Waals surface area (Å²) in [4.78, 5) is 23.4. The Morgan fingerprint density at radius 3 is 2.68 bits per heavy atom. The molecule has 0 unspecified atom stereocenters. The first-order chi connectivity index (χ1) is 9.08. The van der Waals surface area contributed by atoms with Crippen LogP contribution in [0.4, 0.5) is 0 Å². The van der Waals surface area contributed by atoms with Crippen molar-refractivity contribution in [3.8, 4) is 0 Å². The van der Waals surface area contributed by atoms with E-state index >= 15 is 0 Å². The van der Waals surface area contributed by atoms with Crippen LogP contribution in [0.15, 0.2) is 28.7 Å². The van der Waals surface area contributed by atoms with Crippen LogP contribution in [0.25, 0.3) is 0 Å². The molecule has 1 fully saturated rings. The highest BCUT2D eigenvalue weighted by Gasteiger charge is 2.32. The molecular weight excluding hydrogens is 308 g/mol. The lowest BCUT2D eigenvalue weighted by molar-refractivity contribution is -0.144. The van der Waals surface area contributed by atoms with Crippen LogP contribution in [0.5, 0.6) is 0 Å². The number of rotatable bonds is 4. The second-order valence-corrected chi connectivity index (χ2v) is 6.04. The van der Waals surface area contributed by atoms with E-state index in [1.54, 1.807) is 12.1 Å². The summed E-state index contributed by atoms with van der Waals surface area (Å²) in [6.45, 7) is 0. The number of aliphatic carboxylic acids is 1. The number of hydrogen-bond donors (Lipinski definition) is 1. The molecule has 1 N–H and O–H groups in total. The highest BCUT2D eigenvalue weighted by Crippen LogP contribution is 2.33. The van der Waals surface area contributed by atoms with Crippen LogP contribution in [0, 0.1) is 11.8 Å². The molecule has 102 valence electrons. The predicted molar refractivity (Wildman–Crippen MR) is 76.2 cm³/mol. The molecule has 0 aromatic heterocycles. The summed E-state index contributed by atoms with van der Waals surface area (Å²) in [6.07, 6.45) is 3.87. The van der Waals surface area contributed by atoms with Gasteiger partial charge in [0.2, 0.25) is 0 Å². The standard InChI is InChI=1S/C15H17BrO3/c16-12-6-3-5-11(8-12)14(17)9-10-4-1-2-7-13(10)15(18)19/h3,5-6,8,10,13H,1-2,4,7,9H2,(H,18,19)/t10-,13+/m0/s1. The van der Waals surface area contributed by atoms with E-state index in [4.69, 9.17) is 0 Å².